The minimum atomic E-state index is -3.50. The maximum absolute atomic E-state index is 12.1. The average molecular weight is 318 g/mol. The van der Waals surface area contributed by atoms with E-state index in [1.54, 1.807) is 7.05 Å². The lowest BCUT2D eigenvalue weighted by Gasteiger charge is -2.04. The van der Waals surface area contributed by atoms with E-state index in [0.717, 1.165) is 16.5 Å². The second-order valence-electron chi connectivity index (χ2n) is 5.36. The van der Waals surface area contributed by atoms with Crippen LogP contribution in [0.25, 0.3) is 10.9 Å². The van der Waals surface area contributed by atoms with Crippen LogP contribution in [0.2, 0.25) is 0 Å². The number of aromatic amines is 1. The summed E-state index contributed by atoms with van der Waals surface area (Å²) in [5, 5.41) is 5.02. The highest BCUT2D eigenvalue weighted by Gasteiger charge is 2.15. The number of hydrogen-bond acceptors (Lipinski definition) is 3. The van der Waals surface area contributed by atoms with Gasteiger partial charge in [-0.1, -0.05) is 11.6 Å². The van der Waals surface area contributed by atoms with Gasteiger partial charge in [0.05, 0.1) is 6.20 Å². The van der Waals surface area contributed by atoms with Crippen molar-refractivity contribution in [2.75, 3.05) is 6.54 Å². The molecule has 22 heavy (non-hydrogen) atoms. The van der Waals surface area contributed by atoms with Gasteiger partial charge in [0.2, 0.25) is 10.0 Å². The largest absolute Gasteiger partial charge is 0.361 e. The van der Waals surface area contributed by atoms with Gasteiger partial charge in [0, 0.05) is 36.9 Å². The third-order valence-electron chi connectivity index (χ3n) is 3.60. The van der Waals surface area contributed by atoms with Crippen LogP contribution in [0.1, 0.15) is 11.1 Å². The molecule has 3 rings (SSSR count). The number of hydrogen-bond donors (Lipinski definition) is 2. The first-order valence-electron chi connectivity index (χ1n) is 7.01. The number of nitrogens with one attached hydrogen (secondary N) is 2. The van der Waals surface area contributed by atoms with Gasteiger partial charge in [0.25, 0.3) is 0 Å². The Kier molecular flexibility index (Phi) is 3.76. The van der Waals surface area contributed by atoms with E-state index < -0.39 is 10.0 Å². The van der Waals surface area contributed by atoms with Gasteiger partial charge in [-0.15, -0.1) is 0 Å². The summed E-state index contributed by atoms with van der Waals surface area (Å²) in [6, 6.07) is 6.19. The smallest absolute Gasteiger partial charge is 0.243 e. The maximum atomic E-state index is 12.1. The van der Waals surface area contributed by atoms with Crippen LogP contribution in [-0.4, -0.2) is 29.7 Å². The lowest BCUT2D eigenvalue weighted by Crippen LogP contribution is -2.25. The zero-order valence-corrected chi connectivity index (χ0v) is 13.3. The summed E-state index contributed by atoms with van der Waals surface area (Å²) < 4.78 is 28.3. The van der Waals surface area contributed by atoms with E-state index >= 15 is 0 Å². The second kappa shape index (κ2) is 5.58. The molecule has 0 saturated carbocycles. The van der Waals surface area contributed by atoms with Crippen LogP contribution in [0, 0.1) is 6.92 Å². The van der Waals surface area contributed by atoms with E-state index in [1.165, 1.54) is 22.6 Å². The molecule has 0 aliphatic rings. The molecule has 3 aromatic rings. The Morgan fingerprint density at radius 3 is 2.91 bits per heavy atom. The van der Waals surface area contributed by atoms with Gasteiger partial charge in [-0.3, -0.25) is 4.68 Å². The fourth-order valence-corrected chi connectivity index (χ4v) is 3.45. The molecule has 2 N–H and O–H groups in total. The van der Waals surface area contributed by atoms with Crippen molar-refractivity contribution in [2.45, 2.75) is 18.2 Å². The molecule has 0 unspecified atom stereocenters. The molecule has 0 aliphatic heterocycles. The van der Waals surface area contributed by atoms with E-state index in [-0.39, 0.29) is 4.90 Å². The number of aryl methyl sites for hydroxylation is 2. The number of nitrogens with zero attached hydrogens (tertiary/aromatic N) is 2. The van der Waals surface area contributed by atoms with Gasteiger partial charge in [0.1, 0.15) is 4.90 Å². The van der Waals surface area contributed by atoms with Gasteiger partial charge in [-0.25, -0.2) is 13.1 Å². The highest BCUT2D eigenvalue weighted by atomic mass is 32.2. The average Bonchev–Trinajstić information content (AvgIpc) is 3.06. The molecular formula is C15H18N4O2S. The number of fused-ring (bicyclic) bond motifs is 1. The molecule has 0 fully saturated rings. The van der Waals surface area contributed by atoms with E-state index in [0.29, 0.717) is 13.0 Å². The van der Waals surface area contributed by atoms with Crippen LogP contribution < -0.4 is 4.72 Å². The molecule has 0 bridgehead atoms. The summed E-state index contributed by atoms with van der Waals surface area (Å²) in [5.41, 5.74) is 3.35. The second-order valence-corrected chi connectivity index (χ2v) is 7.13. The lowest BCUT2D eigenvalue weighted by molar-refractivity contribution is 0.581. The number of H-pyrrole nitrogens is 1. The van der Waals surface area contributed by atoms with Crippen LogP contribution in [0.4, 0.5) is 0 Å². The van der Waals surface area contributed by atoms with Crippen LogP contribution in [0.5, 0.6) is 0 Å². The summed E-state index contributed by atoms with van der Waals surface area (Å²) in [7, 11) is -1.81. The molecule has 0 spiro atoms. The Bertz CT molecular complexity index is 909. The lowest BCUT2D eigenvalue weighted by atomic mass is 10.1. The molecule has 6 nitrogen and oxygen atoms in total. The quantitative estimate of drug-likeness (QED) is 0.752. The molecule has 0 saturated heterocycles. The molecule has 0 radical (unpaired) electrons. The van der Waals surface area contributed by atoms with Gasteiger partial charge in [-0.2, -0.15) is 5.10 Å². The number of aromatic nitrogens is 3. The Morgan fingerprint density at radius 2 is 2.18 bits per heavy atom. The summed E-state index contributed by atoms with van der Waals surface area (Å²) in [4.78, 5) is 3.39. The molecular weight excluding hydrogens is 300 g/mol. The monoisotopic (exact) mass is 318 g/mol. The fraction of sp³-hybridized carbons (Fsp3) is 0.267. The molecule has 2 heterocycles. The molecule has 1 aromatic carbocycles. The Hall–Kier alpha value is -2.12. The van der Waals surface area contributed by atoms with E-state index in [4.69, 9.17) is 0 Å². The predicted octanol–water partition coefficient (Wildman–Crippen LogP) is 1.73. The zero-order chi connectivity index (χ0) is 15.7. The number of sulfonamides is 1. The van der Waals surface area contributed by atoms with Crippen molar-refractivity contribution >= 4 is 20.9 Å². The van der Waals surface area contributed by atoms with Crippen LogP contribution >= 0.6 is 0 Å². The minimum Gasteiger partial charge on any atom is -0.361 e. The summed E-state index contributed by atoms with van der Waals surface area (Å²) in [6.45, 7) is 2.39. The number of rotatable bonds is 5. The summed E-state index contributed by atoms with van der Waals surface area (Å²) in [5.74, 6) is 0. The molecule has 0 amide bonds. The third kappa shape index (κ3) is 2.90. The van der Waals surface area contributed by atoms with Gasteiger partial charge in [-0.05, 0) is 31.0 Å². The van der Waals surface area contributed by atoms with Crippen molar-refractivity contribution in [3.05, 3.63) is 47.9 Å². The third-order valence-corrected chi connectivity index (χ3v) is 5.02. The standard InChI is InChI=1S/C15H18N4O2S/c1-11-3-4-15-14(7-11)12(8-16-15)5-6-18-22(20,21)13-9-17-19(2)10-13/h3-4,7-10,16,18H,5-6H2,1-2H3. The van der Waals surface area contributed by atoms with Crippen LogP contribution in [-0.2, 0) is 23.5 Å². The first-order valence-corrected chi connectivity index (χ1v) is 8.49. The van der Waals surface area contributed by atoms with E-state index in [9.17, 15) is 8.42 Å². The Labute approximate surface area is 129 Å². The Morgan fingerprint density at radius 1 is 1.36 bits per heavy atom. The molecule has 2 aromatic heterocycles. The summed E-state index contributed by atoms with van der Waals surface area (Å²) in [6.07, 6.45) is 5.39. The Balaban J connectivity index is 1.71. The predicted molar refractivity (Wildman–Crippen MR) is 85.1 cm³/mol. The first-order chi connectivity index (χ1) is 10.5. The molecule has 0 aliphatic carbocycles. The highest BCUT2D eigenvalue weighted by Crippen LogP contribution is 2.20. The van der Waals surface area contributed by atoms with Crippen molar-refractivity contribution in [2.24, 2.45) is 7.05 Å². The van der Waals surface area contributed by atoms with E-state index in [1.807, 2.05) is 25.3 Å². The fourth-order valence-electron chi connectivity index (χ4n) is 2.44. The van der Waals surface area contributed by atoms with Gasteiger partial charge >= 0.3 is 0 Å². The van der Waals surface area contributed by atoms with Crippen molar-refractivity contribution in [3.8, 4) is 0 Å². The molecule has 116 valence electrons. The van der Waals surface area contributed by atoms with Gasteiger partial charge in [0.15, 0.2) is 0 Å². The number of benzene rings is 1. The van der Waals surface area contributed by atoms with Crippen molar-refractivity contribution in [3.63, 3.8) is 0 Å². The van der Waals surface area contributed by atoms with Crippen molar-refractivity contribution in [1.82, 2.24) is 19.5 Å². The maximum Gasteiger partial charge on any atom is 0.243 e. The zero-order valence-electron chi connectivity index (χ0n) is 12.5. The normalized spacial score (nSPS) is 12.1. The SMILES string of the molecule is Cc1ccc2[nH]cc(CCNS(=O)(=O)c3cnn(C)c3)c2c1. The highest BCUT2D eigenvalue weighted by molar-refractivity contribution is 7.89. The van der Waals surface area contributed by atoms with E-state index in [2.05, 4.69) is 20.9 Å². The molecule has 0 atom stereocenters. The minimum absolute atomic E-state index is 0.185. The van der Waals surface area contributed by atoms with Crippen LogP contribution in [0.3, 0.4) is 0 Å². The van der Waals surface area contributed by atoms with Crippen LogP contribution in [0.15, 0.2) is 41.7 Å². The van der Waals surface area contributed by atoms with Gasteiger partial charge < -0.3 is 4.98 Å². The first kappa shape index (κ1) is 14.8. The van der Waals surface area contributed by atoms with Crippen molar-refractivity contribution < 1.29 is 8.42 Å². The topological polar surface area (TPSA) is 79.8 Å². The van der Waals surface area contributed by atoms with Crippen molar-refractivity contribution in [1.29, 1.82) is 0 Å². The molecule has 7 heteroatoms. The summed E-state index contributed by atoms with van der Waals surface area (Å²) >= 11 is 0.